The molecule has 1 aliphatic heterocycles. The lowest BCUT2D eigenvalue weighted by Crippen LogP contribution is -2.16. The van der Waals surface area contributed by atoms with Gasteiger partial charge < -0.3 is 5.32 Å². The molecule has 1 nitrogen and oxygen atoms in total. The van der Waals surface area contributed by atoms with E-state index in [1.807, 2.05) is 0 Å². The summed E-state index contributed by atoms with van der Waals surface area (Å²) in [6, 6.07) is 4.57. The van der Waals surface area contributed by atoms with Crippen molar-refractivity contribution in [2.75, 3.05) is 11.9 Å². The molecule has 0 spiro atoms. The highest BCUT2D eigenvalue weighted by atomic mass is 14.9. The second-order valence-corrected chi connectivity index (χ2v) is 4.16. The maximum Gasteiger partial charge on any atom is 0.0405 e. The van der Waals surface area contributed by atoms with Crippen molar-refractivity contribution in [2.45, 2.75) is 33.1 Å². The molecule has 0 radical (unpaired) electrons. The zero-order chi connectivity index (χ0) is 9.42. The van der Waals surface area contributed by atoms with Crippen molar-refractivity contribution < 1.29 is 0 Å². The number of anilines is 1. The van der Waals surface area contributed by atoms with Crippen LogP contribution in [0.3, 0.4) is 0 Å². The van der Waals surface area contributed by atoms with Crippen molar-refractivity contribution >= 4 is 5.69 Å². The van der Waals surface area contributed by atoms with E-state index < -0.39 is 0 Å². The Morgan fingerprint density at radius 2 is 2.08 bits per heavy atom. The van der Waals surface area contributed by atoms with Crippen LogP contribution in [0.2, 0.25) is 0 Å². The van der Waals surface area contributed by atoms with Gasteiger partial charge in [0.25, 0.3) is 0 Å². The fourth-order valence-electron chi connectivity index (χ4n) is 2.20. The van der Waals surface area contributed by atoms with E-state index in [0.717, 1.165) is 12.5 Å². The Bertz CT molecular complexity index is 328. The summed E-state index contributed by atoms with van der Waals surface area (Å²) < 4.78 is 0. The van der Waals surface area contributed by atoms with Gasteiger partial charge in [-0.1, -0.05) is 24.6 Å². The van der Waals surface area contributed by atoms with Crippen molar-refractivity contribution in [1.29, 1.82) is 0 Å². The zero-order valence-corrected chi connectivity index (χ0v) is 8.65. The van der Waals surface area contributed by atoms with Gasteiger partial charge in [0.1, 0.15) is 0 Å². The Kier molecular flexibility index (Phi) is 2.03. The number of hydrogen-bond donors (Lipinski definition) is 1. The lowest BCUT2D eigenvalue weighted by atomic mass is 9.89. The van der Waals surface area contributed by atoms with Gasteiger partial charge in [0.05, 0.1) is 0 Å². The molecule has 0 fully saturated rings. The molecular weight excluding hydrogens is 158 g/mol. The molecule has 0 bridgehead atoms. The first-order valence-corrected chi connectivity index (χ1v) is 5.03. The molecule has 70 valence electrons. The molecule has 2 rings (SSSR count). The van der Waals surface area contributed by atoms with Crippen LogP contribution >= 0.6 is 0 Å². The van der Waals surface area contributed by atoms with Gasteiger partial charge >= 0.3 is 0 Å². The molecule has 1 heteroatoms. The van der Waals surface area contributed by atoms with E-state index in [1.54, 1.807) is 0 Å². The fraction of sp³-hybridized carbons (Fsp3) is 0.500. The highest BCUT2D eigenvalue weighted by Crippen LogP contribution is 2.34. The summed E-state index contributed by atoms with van der Waals surface area (Å²) in [5.41, 5.74) is 5.65. The molecule has 1 atom stereocenters. The van der Waals surface area contributed by atoms with E-state index in [-0.39, 0.29) is 0 Å². The molecule has 1 unspecified atom stereocenters. The first-order valence-electron chi connectivity index (χ1n) is 5.03. The van der Waals surface area contributed by atoms with Crippen molar-refractivity contribution in [3.05, 3.63) is 28.8 Å². The molecule has 13 heavy (non-hydrogen) atoms. The average Bonchev–Trinajstić information content (AvgIpc) is 2.07. The molecular formula is C12H17N. The van der Waals surface area contributed by atoms with E-state index in [9.17, 15) is 0 Å². The van der Waals surface area contributed by atoms with Crippen LogP contribution in [-0.2, 0) is 0 Å². The van der Waals surface area contributed by atoms with Crippen molar-refractivity contribution in [1.82, 2.24) is 0 Å². The van der Waals surface area contributed by atoms with Gasteiger partial charge in [0, 0.05) is 12.2 Å². The van der Waals surface area contributed by atoms with Crippen LogP contribution in [0.1, 0.15) is 36.0 Å². The number of fused-ring (bicyclic) bond motifs is 1. The highest BCUT2D eigenvalue weighted by Gasteiger charge is 2.17. The van der Waals surface area contributed by atoms with Crippen molar-refractivity contribution in [3.8, 4) is 0 Å². The van der Waals surface area contributed by atoms with Gasteiger partial charge in [-0.25, -0.2) is 0 Å². The molecule has 0 amide bonds. The summed E-state index contributed by atoms with van der Waals surface area (Å²) in [7, 11) is 0. The van der Waals surface area contributed by atoms with Crippen LogP contribution in [0.4, 0.5) is 5.69 Å². The smallest absolute Gasteiger partial charge is 0.0405 e. The SMILES string of the molecule is Cc1cc(C)c2c(c1)C(C)CCN2. The van der Waals surface area contributed by atoms with Crippen LogP contribution in [0.15, 0.2) is 12.1 Å². The van der Waals surface area contributed by atoms with E-state index in [4.69, 9.17) is 0 Å². The number of nitrogens with one attached hydrogen (secondary N) is 1. The third kappa shape index (κ3) is 1.43. The highest BCUT2D eigenvalue weighted by molar-refractivity contribution is 5.61. The second kappa shape index (κ2) is 3.06. The largest absolute Gasteiger partial charge is 0.385 e. The monoisotopic (exact) mass is 175 g/mol. The van der Waals surface area contributed by atoms with E-state index in [0.29, 0.717) is 0 Å². The van der Waals surface area contributed by atoms with E-state index in [2.05, 4.69) is 38.2 Å². The van der Waals surface area contributed by atoms with Gasteiger partial charge in [-0.2, -0.15) is 0 Å². The van der Waals surface area contributed by atoms with E-state index in [1.165, 1.54) is 28.8 Å². The van der Waals surface area contributed by atoms with Crippen molar-refractivity contribution in [2.24, 2.45) is 0 Å². The zero-order valence-electron chi connectivity index (χ0n) is 8.65. The van der Waals surface area contributed by atoms with Crippen LogP contribution in [-0.4, -0.2) is 6.54 Å². The lowest BCUT2D eigenvalue weighted by Gasteiger charge is -2.26. The Hall–Kier alpha value is -0.980. The molecule has 1 N–H and O–H groups in total. The number of benzene rings is 1. The minimum atomic E-state index is 0.717. The third-order valence-electron chi connectivity index (χ3n) is 2.92. The molecule has 1 aromatic rings. The minimum absolute atomic E-state index is 0.717. The van der Waals surface area contributed by atoms with E-state index >= 15 is 0 Å². The number of aryl methyl sites for hydroxylation is 2. The molecule has 1 aromatic carbocycles. The summed E-state index contributed by atoms with van der Waals surface area (Å²) >= 11 is 0. The predicted molar refractivity (Wildman–Crippen MR) is 57.4 cm³/mol. The van der Waals surface area contributed by atoms with Crippen molar-refractivity contribution in [3.63, 3.8) is 0 Å². The summed E-state index contributed by atoms with van der Waals surface area (Å²) in [4.78, 5) is 0. The summed E-state index contributed by atoms with van der Waals surface area (Å²) in [5, 5.41) is 3.49. The summed E-state index contributed by atoms with van der Waals surface area (Å²) in [5.74, 6) is 0.717. The van der Waals surface area contributed by atoms with Crippen LogP contribution in [0.5, 0.6) is 0 Å². The molecule has 0 aliphatic carbocycles. The summed E-state index contributed by atoms with van der Waals surface area (Å²) in [6.07, 6.45) is 1.26. The standard InChI is InChI=1S/C12H17N/c1-8-6-10(3)12-11(7-8)9(2)4-5-13-12/h6-7,9,13H,4-5H2,1-3H3. The Morgan fingerprint density at radius 3 is 2.85 bits per heavy atom. The molecule has 0 saturated heterocycles. The normalized spacial score (nSPS) is 20.7. The minimum Gasteiger partial charge on any atom is -0.385 e. The maximum absolute atomic E-state index is 3.49. The average molecular weight is 175 g/mol. The van der Waals surface area contributed by atoms with Gasteiger partial charge in [0.2, 0.25) is 0 Å². The maximum atomic E-state index is 3.49. The van der Waals surface area contributed by atoms with Crippen LogP contribution in [0.25, 0.3) is 0 Å². The Balaban J connectivity index is 2.56. The van der Waals surface area contributed by atoms with Crippen LogP contribution in [0, 0.1) is 13.8 Å². The molecule has 0 saturated carbocycles. The second-order valence-electron chi connectivity index (χ2n) is 4.16. The third-order valence-corrected chi connectivity index (χ3v) is 2.92. The van der Waals surface area contributed by atoms with Gasteiger partial charge in [-0.15, -0.1) is 0 Å². The fourth-order valence-corrected chi connectivity index (χ4v) is 2.20. The molecule has 0 aromatic heterocycles. The molecule has 1 aliphatic rings. The quantitative estimate of drug-likeness (QED) is 0.638. The first kappa shape index (κ1) is 8.61. The van der Waals surface area contributed by atoms with Gasteiger partial charge in [-0.3, -0.25) is 0 Å². The van der Waals surface area contributed by atoms with Gasteiger partial charge in [0.15, 0.2) is 0 Å². The summed E-state index contributed by atoms with van der Waals surface area (Å²) in [6.45, 7) is 7.81. The first-order chi connectivity index (χ1) is 6.18. The number of rotatable bonds is 0. The topological polar surface area (TPSA) is 12.0 Å². The van der Waals surface area contributed by atoms with Crippen LogP contribution < -0.4 is 5.32 Å². The predicted octanol–water partition coefficient (Wildman–Crippen LogP) is 3.22. The Labute approximate surface area is 80.2 Å². The molecule has 1 heterocycles. The van der Waals surface area contributed by atoms with Gasteiger partial charge in [-0.05, 0) is 37.3 Å². The lowest BCUT2D eigenvalue weighted by molar-refractivity contribution is 0.682. The number of hydrogen-bond acceptors (Lipinski definition) is 1. The Morgan fingerprint density at radius 1 is 1.31 bits per heavy atom.